The van der Waals surface area contributed by atoms with Crippen LogP contribution in [0.25, 0.3) is 5.69 Å². The van der Waals surface area contributed by atoms with E-state index >= 15 is 0 Å². The maximum Gasteiger partial charge on any atom is 0.257 e. The molecule has 2 aromatic rings. The zero-order valence-electron chi connectivity index (χ0n) is 12.6. The highest BCUT2D eigenvalue weighted by atomic mass is 35.5. The van der Waals surface area contributed by atoms with Crippen molar-refractivity contribution in [3.63, 3.8) is 0 Å². The second-order valence-corrected chi connectivity index (χ2v) is 5.36. The Morgan fingerprint density at radius 1 is 1.36 bits per heavy atom. The molecule has 0 saturated carbocycles. The van der Waals surface area contributed by atoms with Crippen LogP contribution in [-0.4, -0.2) is 46.8 Å². The first-order valence-electron chi connectivity index (χ1n) is 7.35. The minimum Gasteiger partial charge on any atom is -0.334 e. The number of aromatic nitrogens is 2. The minimum atomic E-state index is 0. The summed E-state index contributed by atoms with van der Waals surface area (Å²) in [4.78, 5) is 14.6. The summed E-state index contributed by atoms with van der Waals surface area (Å²) in [6.45, 7) is 1.68. The maximum absolute atomic E-state index is 12.6. The second kappa shape index (κ2) is 7.42. The number of amides is 1. The number of rotatable bonds is 4. The van der Waals surface area contributed by atoms with Gasteiger partial charge in [-0.2, -0.15) is 5.10 Å². The van der Waals surface area contributed by atoms with Crippen molar-refractivity contribution in [2.45, 2.75) is 18.9 Å². The van der Waals surface area contributed by atoms with E-state index in [9.17, 15) is 4.79 Å². The van der Waals surface area contributed by atoms with Crippen LogP contribution in [0.4, 0.5) is 0 Å². The summed E-state index contributed by atoms with van der Waals surface area (Å²) < 4.78 is 1.75. The molecular formula is C16H21ClN4O. The normalized spacial score (nSPS) is 17.3. The Labute approximate surface area is 136 Å². The molecule has 2 heterocycles. The summed E-state index contributed by atoms with van der Waals surface area (Å²) in [5.41, 5.74) is 1.62. The van der Waals surface area contributed by atoms with Crippen molar-refractivity contribution in [3.05, 3.63) is 48.3 Å². The molecule has 1 N–H and O–H groups in total. The van der Waals surface area contributed by atoms with Gasteiger partial charge in [-0.3, -0.25) is 4.79 Å². The van der Waals surface area contributed by atoms with Crippen LogP contribution in [0.1, 0.15) is 23.2 Å². The van der Waals surface area contributed by atoms with E-state index in [4.69, 9.17) is 0 Å². The van der Waals surface area contributed by atoms with Gasteiger partial charge in [0.15, 0.2) is 0 Å². The van der Waals surface area contributed by atoms with Gasteiger partial charge in [0, 0.05) is 25.3 Å². The first-order valence-corrected chi connectivity index (χ1v) is 7.35. The Hall–Kier alpha value is -1.85. The molecule has 0 spiro atoms. The van der Waals surface area contributed by atoms with E-state index in [-0.39, 0.29) is 18.3 Å². The number of halogens is 1. The Bertz CT molecular complexity index is 614. The highest BCUT2D eigenvalue weighted by molar-refractivity contribution is 5.94. The summed E-state index contributed by atoms with van der Waals surface area (Å²) in [6.07, 6.45) is 5.61. The van der Waals surface area contributed by atoms with Crippen LogP contribution < -0.4 is 5.32 Å². The lowest BCUT2D eigenvalue weighted by Crippen LogP contribution is -2.40. The molecule has 0 radical (unpaired) electrons. The molecule has 1 aliphatic rings. The number of nitrogens with zero attached hydrogens (tertiary/aromatic N) is 3. The van der Waals surface area contributed by atoms with Gasteiger partial charge in [-0.05, 0) is 32.0 Å². The van der Waals surface area contributed by atoms with Crippen LogP contribution in [0.15, 0.2) is 42.7 Å². The van der Waals surface area contributed by atoms with Gasteiger partial charge >= 0.3 is 0 Å². The van der Waals surface area contributed by atoms with Crippen molar-refractivity contribution in [2.75, 3.05) is 20.1 Å². The second-order valence-electron chi connectivity index (χ2n) is 5.36. The number of hydrogen-bond acceptors (Lipinski definition) is 3. The van der Waals surface area contributed by atoms with Crippen LogP contribution in [0.5, 0.6) is 0 Å². The standard InChI is InChI=1S/C16H20N4O.ClH/c1-17-11-15-8-5-9-19(15)16(21)13-10-18-20(12-13)14-6-3-2-4-7-14;/h2-4,6-7,10,12,15,17H,5,8-9,11H2,1H3;1H. The van der Waals surface area contributed by atoms with E-state index in [0.717, 1.165) is 31.6 Å². The first-order chi connectivity index (χ1) is 10.3. The van der Waals surface area contributed by atoms with Crippen LogP contribution in [-0.2, 0) is 0 Å². The molecule has 1 aromatic heterocycles. The molecule has 1 amide bonds. The number of nitrogens with one attached hydrogen (secondary N) is 1. The lowest BCUT2D eigenvalue weighted by molar-refractivity contribution is 0.0737. The van der Waals surface area contributed by atoms with Crippen molar-refractivity contribution < 1.29 is 4.79 Å². The summed E-state index contributed by atoms with van der Waals surface area (Å²) >= 11 is 0. The van der Waals surface area contributed by atoms with E-state index in [1.165, 1.54) is 0 Å². The summed E-state index contributed by atoms with van der Waals surface area (Å²) in [6, 6.07) is 10.1. The van der Waals surface area contributed by atoms with Gasteiger partial charge in [0.25, 0.3) is 5.91 Å². The first kappa shape index (κ1) is 16.5. The Morgan fingerprint density at radius 3 is 2.86 bits per heavy atom. The number of carbonyl (C=O) groups excluding carboxylic acids is 1. The van der Waals surface area contributed by atoms with Crippen LogP contribution in [0.2, 0.25) is 0 Å². The molecule has 6 heteroatoms. The minimum absolute atomic E-state index is 0. The van der Waals surface area contributed by atoms with Gasteiger partial charge in [0.05, 0.1) is 17.4 Å². The lowest BCUT2D eigenvalue weighted by atomic mass is 10.2. The number of para-hydroxylation sites is 1. The van der Waals surface area contributed by atoms with Crippen molar-refractivity contribution in [3.8, 4) is 5.69 Å². The van der Waals surface area contributed by atoms with Gasteiger partial charge in [0.1, 0.15) is 0 Å². The highest BCUT2D eigenvalue weighted by Crippen LogP contribution is 2.20. The molecule has 0 bridgehead atoms. The Balaban J connectivity index is 0.00000176. The SMILES string of the molecule is CNCC1CCCN1C(=O)c1cnn(-c2ccccc2)c1.Cl. The topological polar surface area (TPSA) is 50.2 Å². The van der Waals surface area contributed by atoms with Crippen LogP contribution in [0.3, 0.4) is 0 Å². The molecule has 1 aliphatic heterocycles. The number of carbonyl (C=O) groups is 1. The molecule has 1 fully saturated rings. The predicted molar refractivity (Wildman–Crippen MR) is 88.8 cm³/mol. The van der Waals surface area contributed by atoms with Gasteiger partial charge in [0.2, 0.25) is 0 Å². The fourth-order valence-corrected chi connectivity index (χ4v) is 2.87. The Kier molecular flexibility index (Phi) is 5.57. The van der Waals surface area contributed by atoms with Crippen molar-refractivity contribution in [2.24, 2.45) is 0 Å². The third-order valence-corrected chi connectivity index (χ3v) is 3.93. The van der Waals surface area contributed by atoms with E-state index in [0.29, 0.717) is 11.6 Å². The quantitative estimate of drug-likeness (QED) is 0.939. The van der Waals surface area contributed by atoms with Gasteiger partial charge in [-0.25, -0.2) is 4.68 Å². The van der Waals surface area contributed by atoms with Gasteiger partial charge < -0.3 is 10.2 Å². The molecule has 1 atom stereocenters. The van der Waals surface area contributed by atoms with E-state index < -0.39 is 0 Å². The molecule has 3 rings (SSSR count). The highest BCUT2D eigenvalue weighted by Gasteiger charge is 2.29. The zero-order chi connectivity index (χ0) is 14.7. The van der Waals surface area contributed by atoms with Crippen LogP contribution >= 0.6 is 12.4 Å². The molecule has 118 valence electrons. The fraction of sp³-hybridized carbons (Fsp3) is 0.375. The third kappa shape index (κ3) is 3.31. The zero-order valence-corrected chi connectivity index (χ0v) is 13.4. The third-order valence-electron chi connectivity index (χ3n) is 3.93. The average Bonchev–Trinajstić information content (AvgIpc) is 3.17. The number of likely N-dealkylation sites (N-methyl/N-ethyl adjacent to an activating group) is 1. The molecule has 22 heavy (non-hydrogen) atoms. The molecule has 1 unspecified atom stereocenters. The summed E-state index contributed by atoms with van der Waals surface area (Å²) in [5.74, 6) is 0.0786. The molecule has 1 aromatic carbocycles. The van der Waals surface area contributed by atoms with E-state index in [1.807, 2.05) is 48.5 Å². The Morgan fingerprint density at radius 2 is 2.14 bits per heavy atom. The van der Waals surface area contributed by atoms with Gasteiger partial charge in [-0.15, -0.1) is 12.4 Å². The fourth-order valence-electron chi connectivity index (χ4n) is 2.87. The van der Waals surface area contributed by atoms with Crippen molar-refractivity contribution >= 4 is 18.3 Å². The summed E-state index contributed by atoms with van der Waals surface area (Å²) in [5, 5.41) is 7.47. The smallest absolute Gasteiger partial charge is 0.257 e. The molecule has 0 aliphatic carbocycles. The largest absolute Gasteiger partial charge is 0.334 e. The molecular weight excluding hydrogens is 300 g/mol. The summed E-state index contributed by atoms with van der Waals surface area (Å²) in [7, 11) is 1.93. The van der Waals surface area contributed by atoms with E-state index in [1.54, 1.807) is 10.9 Å². The van der Waals surface area contributed by atoms with Crippen molar-refractivity contribution in [1.29, 1.82) is 0 Å². The maximum atomic E-state index is 12.6. The molecule has 5 nitrogen and oxygen atoms in total. The average molecular weight is 321 g/mol. The number of benzene rings is 1. The van der Waals surface area contributed by atoms with Gasteiger partial charge in [-0.1, -0.05) is 18.2 Å². The number of hydrogen-bond donors (Lipinski definition) is 1. The lowest BCUT2D eigenvalue weighted by Gasteiger charge is -2.23. The predicted octanol–water partition coefficient (Wildman–Crippen LogP) is 2.12. The molecule has 1 saturated heterocycles. The van der Waals surface area contributed by atoms with Crippen molar-refractivity contribution in [1.82, 2.24) is 20.0 Å². The van der Waals surface area contributed by atoms with E-state index in [2.05, 4.69) is 10.4 Å². The van der Waals surface area contributed by atoms with Crippen LogP contribution in [0, 0.1) is 0 Å². The monoisotopic (exact) mass is 320 g/mol. The number of likely N-dealkylation sites (tertiary alicyclic amines) is 1.